The number of rotatable bonds is 12. The third-order valence-electron chi connectivity index (χ3n) is 9.28. The van der Waals surface area contributed by atoms with E-state index in [4.69, 9.17) is 0 Å². The van der Waals surface area contributed by atoms with Crippen molar-refractivity contribution in [2.45, 2.75) is 76.5 Å². The van der Waals surface area contributed by atoms with Crippen molar-refractivity contribution in [2.75, 3.05) is 0 Å². The fraction of sp³-hybridized carbons (Fsp3) is 0.286. The minimum Gasteiger partial charge on any atom is -0.508 e. The molecule has 0 amide bonds. The van der Waals surface area contributed by atoms with Gasteiger partial charge in [-0.15, -0.1) is 0 Å². The Bertz CT molecular complexity index is 1500. The monoisotopic (exact) mass is 616 g/mol. The van der Waals surface area contributed by atoms with Crippen molar-refractivity contribution >= 4 is 0 Å². The van der Waals surface area contributed by atoms with Crippen LogP contribution in [0.5, 0.6) is 23.0 Å². The molecular formula is C42H48O4. The van der Waals surface area contributed by atoms with Crippen molar-refractivity contribution in [2.24, 2.45) is 0 Å². The first kappa shape index (κ1) is 34.2. The maximum Gasteiger partial charge on any atom is 0.115 e. The second kappa shape index (κ2) is 16.0. The largest absolute Gasteiger partial charge is 0.508 e. The molecule has 4 nitrogen and oxygen atoms in total. The predicted octanol–water partition coefficient (Wildman–Crippen LogP) is 10.6. The maximum absolute atomic E-state index is 9.59. The Hall–Kier alpha value is -4.70. The van der Waals surface area contributed by atoms with Gasteiger partial charge in [-0.05, 0) is 89.7 Å². The van der Waals surface area contributed by atoms with Crippen LogP contribution in [0.4, 0.5) is 0 Å². The summed E-state index contributed by atoms with van der Waals surface area (Å²) in [6.07, 6.45) is 8.73. The summed E-state index contributed by atoms with van der Waals surface area (Å²) in [5.41, 5.74) is 5.28. The van der Waals surface area contributed by atoms with Crippen LogP contribution in [-0.4, -0.2) is 20.4 Å². The highest BCUT2D eigenvalue weighted by atomic mass is 16.3. The first-order valence-electron chi connectivity index (χ1n) is 16.4. The number of phenols is 4. The van der Waals surface area contributed by atoms with E-state index in [1.165, 1.54) is 49.7 Å². The van der Waals surface area contributed by atoms with Crippen molar-refractivity contribution in [3.05, 3.63) is 155 Å². The number of unbranched alkanes of at least 4 members (excludes halogenated alkanes) is 5. The van der Waals surface area contributed by atoms with Gasteiger partial charge in [0, 0.05) is 10.8 Å². The lowest BCUT2D eigenvalue weighted by atomic mass is 9.71. The number of aromatic hydroxyl groups is 4. The minimum absolute atomic E-state index is 0.105. The molecule has 0 atom stereocenters. The summed E-state index contributed by atoms with van der Waals surface area (Å²) in [6, 6.07) is 39.9. The van der Waals surface area contributed by atoms with E-state index in [2.05, 4.69) is 32.9 Å². The average Bonchev–Trinajstić information content (AvgIpc) is 3.08. The summed E-state index contributed by atoms with van der Waals surface area (Å²) < 4.78 is 0. The van der Waals surface area contributed by atoms with Gasteiger partial charge in [-0.3, -0.25) is 0 Å². The van der Waals surface area contributed by atoms with Crippen molar-refractivity contribution in [1.82, 2.24) is 0 Å². The van der Waals surface area contributed by atoms with Gasteiger partial charge in [0.15, 0.2) is 0 Å². The molecule has 4 N–H and O–H groups in total. The molecule has 240 valence electrons. The Balaban J connectivity index is 0.000000209. The molecule has 5 rings (SSSR count). The van der Waals surface area contributed by atoms with E-state index in [9.17, 15) is 20.4 Å². The van der Waals surface area contributed by atoms with Crippen LogP contribution in [0.3, 0.4) is 0 Å². The molecule has 0 saturated heterocycles. The zero-order valence-corrected chi connectivity index (χ0v) is 27.4. The van der Waals surface area contributed by atoms with E-state index in [0.717, 1.165) is 23.1 Å². The molecule has 5 aromatic rings. The summed E-state index contributed by atoms with van der Waals surface area (Å²) >= 11 is 0. The highest BCUT2D eigenvalue weighted by Gasteiger charge is 2.31. The van der Waals surface area contributed by atoms with Gasteiger partial charge in [-0.2, -0.15) is 0 Å². The van der Waals surface area contributed by atoms with Crippen LogP contribution in [-0.2, 0) is 10.8 Å². The summed E-state index contributed by atoms with van der Waals surface area (Å²) in [4.78, 5) is 0. The van der Waals surface area contributed by atoms with Gasteiger partial charge in [0.1, 0.15) is 23.0 Å². The van der Waals surface area contributed by atoms with Gasteiger partial charge < -0.3 is 20.4 Å². The Kier molecular flexibility index (Phi) is 11.9. The van der Waals surface area contributed by atoms with Gasteiger partial charge in [0.05, 0.1) is 0 Å². The standard InChI is InChI=1S/C22H30O2.C20H18O2/c1-3-4-5-6-7-8-17-22(2,18-9-13-20(23)14-10-18)19-11-15-21(24)16-12-19;1-20(15-5-3-2-4-6-15,16-7-11-18(21)12-8-16)17-9-13-19(22)14-10-17/h9-16,23-24H,3-8,17H2,1-2H3;2-14,21-22H,1H3. The first-order chi connectivity index (χ1) is 22.2. The van der Waals surface area contributed by atoms with Crippen molar-refractivity contribution < 1.29 is 20.4 Å². The summed E-state index contributed by atoms with van der Waals surface area (Å²) in [6.45, 7) is 6.66. The Morgan fingerprint density at radius 2 is 0.717 bits per heavy atom. The second-order valence-electron chi connectivity index (χ2n) is 12.5. The lowest BCUT2D eigenvalue weighted by Gasteiger charge is -2.32. The van der Waals surface area contributed by atoms with E-state index >= 15 is 0 Å². The summed E-state index contributed by atoms with van der Waals surface area (Å²) in [5, 5.41) is 38.3. The van der Waals surface area contributed by atoms with E-state index in [1.807, 2.05) is 66.7 Å². The number of hydrogen-bond acceptors (Lipinski definition) is 4. The molecule has 0 radical (unpaired) electrons. The van der Waals surface area contributed by atoms with Crippen molar-refractivity contribution in [3.63, 3.8) is 0 Å². The summed E-state index contributed by atoms with van der Waals surface area (Å²) in [7, 11) is 0. The van der Waals surface area contributed by atoms with Gasteiger partial charge in [0.2, 0.25) is 0 Å². The number of phenolic OH excluding ortho intramolecular Hbond substituents is 4. The second-order valence-corrected chi connectivity index (χ2v) is 12.5. The highest BCUT2D eigenvalue weighted by Crippen LogP contribution is 2.40. The third kappa shape index (κ3) is 8.51. The highest BCUT2D eigenvalue weighted by molar-refractivity contribution is 5.51. The molecule has 0 heterocycles. The Labute approximate surface area is 274 Å². The van der Waals surface area contributed by atoms with Crippen LogP contribution in [0.1, 0.15) is 93.5 Å². The van der Waals surface area contributed by atoms with Crippen molar-refractivity contribution in [3.8, 4) is 23.0 Å². The molecule has 0 bridgehead atoms. The Morgan fingerprint density at radius 1 is 0.391 bits per heavy atom. The molecule has 0 unspecified atom stereocenters. The summed E-state index contributed by atoms with van der Waals surface area (Å²) in [5.74, 6) is 1.10. The predicted molar refractivity (Wildman–Crippen MR) is 189 cm³/mol. The molecule has 0 spiro atoms. The Morgan fingerprint density at radius 3 is 1.11 bits per heavy atom. The molecule has 0 fully saturated rings. The molecule has 0 aliphatic heterocycles. The normalized spacial score (nSPS) is 11.5. The molecule has 0 aromatic heterocycles. The van der Waals surface area contributed by atoms with E-state index in [1.54, 1.807) is 48.5 Å². The molecule has 46 heavy (non-hydrogen) atoms. The van der Waals surface area contributed by atoms with Gasteiger partial charge in [-0.25, -0.2) is 0 Å². The molecule has 5 aromatic carbocycles. The molecule has 4 heteroatoms. The minimum atomic E-state index is -0.358. The topological polar surface area (TPSA) is 80.9 Å². The quantitative estimate of drug-likeness (QED) is 0.0830. The smallest absolute Gasteiger partial charge is 0.115 e. The van der Waals surface area contributed by atoms with Gasteiger partial charge in [-0.1, -0.05) is 131 Å². The van der Waals surface area contributed by atoms with Crippen LogP contribution >= 0.6 is 0 Å². The van der Waals surface area contributed by atoms with E-state index in [-0.39, 0.29) is 22.3 Å². The van der Waals surface area contributed by atoms with Gasteiger partial charge in [0.25, 0.3) is 0 Å². The van der Waals surface area contributed by atoms with Crippen LogP contribution in [0.25, 0.3) is 0 Å². The fourth-order valence-electron chi connectivity index (χ4n) is 6.23. The SMILES string of the molecule is CC(c1ccccc1)(c1ccc(O)cc1)c1ccc(O)cc1.CCCCCCCCC(C)(c1ccc(O)cc1)c1ccc(O)cc1. The van der Waals surface area contributed by atoms with Crippen LogP contribution < -0.4 is 0 Å². The van der Waals surface area contributed by atoms with E-state index in [0.29, 0.717) is 11.5 Å². The molecule has 0 aliphatic carbocycles. The van der Waals surface area contributed by atoms with Crippen LogP contribution in [0.15, 0.2) is 127 Å². The van der Waals surface area contributed by atoms with Crippen molar-refractivity contribution in [1.29, 1.82) is 0 Å². The van der Waals surface area contributed by atoms with Gasteiger partial charge >= 0.3 is 0 Å². The van der Waals surface area contributed by atoms with Crippen LogP contribution in [0.2, 0.25) is 0 Å². The fourth-order valence-corrected chi connectivity index (χ4v) is 6.23. The van der Waals surface area contributed by atoms with E-state index < -0.39 is 0 Å². The molecule has 0 aliphatic rings. The molecular weight excluding hydrogens is 568 g/mol. The van der Waals surface area contributed by atoms with Crippen LogP contribution in [0, 0.1) is 0 Å². The number of hydrogen-bond donors (Lipinski definition) is 4. The lowest BCUT2D eigenvalue weighted by molar-refractivity contribution is 0.460. The lowest BCUT2D eigenvalue weighted by Crippen LogP contribution is -2.25. The first-order valence-corrected chi connectivity index (χ1v) is 16.4. The number of benzene rings is 5. The zero-order valence-electron chi connectivity index (χ0n) is 27.4. The average molecular weight is 617 g/mol. The molecule has 0 saturated carbocycles. The maximum atomic E-state index is 9.59. The third-order valence-corrected chi connectivity index (χ3v) is 9.28. The zero-order chi connectivity index (χ0) is 33.0.